The molecule has 94 valence electrons. The Morgan fingerprint density at radius 2 is 2.39 bits per heavy atom. The Morgan fingerprint density at radius 3 is 3.22 bits per heavy atom. The average molecular weight is 244 g/mol. The second-order valence-corrected chi connectivity index (χ2v) is 4.91. The summed E-state index contributed by atoms with van der Waals surface area (Å²) in [4.78, 5) is 4.20. The lowest BCUT2D eigenvalue weighted by Gasteiger charge is -2.52. The van der Waals surface area contributed by atoms with Crippen LogP contribution in [0.2, 0.25) is 0 Å². The van der Waals surface area contributed by atoms with Gasteiger partial charge in [0.15, 0.2) is 0 Å². The number of hydrogen-bond donors (Lipinski definition) is 2. The van der Waals surface area contributed by atoms with E-state index in [1.807, 2.05) is 18.2 Å². The molecular formula is C13H16N4O. The minimum absolute atomic E-state index is 0.108. The van der Waals surface area contributed by atoms with Crippen molar-refractivity contribution in [3.63, 3.8) is 0 Å². The molecular weight excluding hydrogens is 228 g/mol. The van der Waals surface area contributed by atoms with E-state index < -0.39 is 0 Å². The van der Waals surface area contributed by atoms with E-state index in [-0.39, 0.29) is 18.2 Å². The number of ether oxygens (including phenoxy) is 1. The van der Waals surface area contributed by atoms with Gasteiger partial charge in [-0.2, -0.15) is 5.26 Å². The highest BCUT2D eigenvalue weighted by Gasteiger charge is 2.50. The molecule has 0 amide bonds. The maximum absolute atomic E-state index is 8.82. The van der Waals surface area contributed by atoms with Gasteiger partial charge in [0.1, 0.15) is 17.6 Å². The van der Waals surface area contributed by atoms with Crippen molar-refractivity contribution in [2.75, 3.05) is 11.9 Å². The normalized spacial score (nSPS) is 34.0. The lowest BCUT2D eigenvalue weighted by atomic mass is 9.68. The van der Waals surface area contributed by atoms with Crippen molar-refractivity contribution in [2.24, 2.45) is 11.7 Å². The first kappa shape index (κ1) is 11.5. The Hall–Kier alpha value is -1.64. The number of rotatable bonds is 2. The minimum Gasteiger partial charge on any atom is -0.376 e. The topological polar surface area (TPSA) is 84.0 Å². The maximum Gasteiger partial charge on any atom is 0.142 e. The number of hydrogen-bond acceptors (Lipinski definition) is 5. The van der Waals surface area contributed by atoms with Crippen molar-refractivity contribution in [3.8, 4) is 6.07 Å². The molecule has 3 N–H and O–H groups in total. The molecule has 2 heterocycles. The largest absolute Gasteiger partial charge is 0.376 e. The minimum atomic E-state index is 0.108. The van der Waals surface area contributed by atoms with Crippen LogP contribution in [0, 0.1) is 17.2 Å². The summed E-state index contributed by atoms with van der Waals surface area (Å²) in [5.74, 6) is 1.16. The van der Waals surface area contributed by atoms with E-state index in [0.717, 1.165) is 19.4 Å². The molecule has 4 atom stereocenters. The zero-order chi connectivity index (χ0) is 12.5. The summed E-state index contributed by atoms with van der Waals surface area (Å²) < 4.78 is 5.75. The van der Waals surface area contributed by atoms with Crippen molar-refractivity contribution < 1.29 is 4.74 Å². The van der Waals surface area contributed by atoms with Gasteiger partial charge in [-0.25, -0.2) is 4.98 Å². The van der Waals surface area contributed by atoms with E-state index in [2.05, 4.69) is 10.3 Å². The average Bonchev–Trinajstić information content (AvgIpc) is 2.44. The number of pyridine rings is 1. The monoisotopic (exact) mass is 244 g/mol. The number of fused-ring (bicyclic) bond motifs is 1. The van der Waals surface area contributed by atoms with Crippen molar-refractivity contribution in [1.82, 2.24) is 4.98 Å². The van der Waals surface area contributed by atoms with Crippen LogP contribution in [-0.4, -0.2) is 29.8 Å². The van der Waals surface area contributed by atoms with Crippen LogP contribution in [0.3, 0.4) is 0 Å². The zero-order valence-corrected chi connectivity index (χ0v) is 10.0. The van der Waals surface area contributed by atoms with Crippen LogP contribution in [-0.2, 0) is 4.74 Å². The summed E-state index contributed by atoms with van der Waals surface area (Å²) in [5, 5.41) is 12.1. The van der Waals surface area contributed by atoms with Gasteiger partial charge < -0.3 is 15.8 Å². The fraction of sp³-hybridized carbons (Fsp3) is 0.538. The zero-order valence-electron chi connectivity index (χ0n) is 10.0. The molecule has 1 aromatic rings. The fourth-order valence-electron chi connectivity index (χ4n) is 2.87. The highest BCUT2D eigenvalue weighted by atomic mass is 16.5. The van der Waals surface area contributed by atoms with Gasteiger partial charge >= 0.3 is 0 Å². The molecule has 1 saturated heterocycles. The van der Waals surface area contributed by atoms with Crippen LogP contribution >= 0.6 is 0 Å². The molecule has 5 nitrogen and oxygen atoms in total. The molecule has 5 heteroatoms. The molecule has 0 radical (unpaired) electrons. The second kappa shape index (κ2) is 4.56. The summed E-state index contributed by atoms with van der Waals surface area (Å²) in [6.07, 6.45) is 2.45. The van der Waals surface area contributed by atoms with Gasteiger partial charge in [-0.3, -0.25) is 0 Å². The van der Waals surface area contributed by atoms with Crippen LogP contribution in [0.5, 0.6) is 0 Å². The number of nitriles is 1. The molecule has 1 aliphatic heterocycles. The molecule has 18 heavy (non-hydrogen) atoms. The molecule has 4 unspecified atom stereocenters. The molecule has 1 aliphatic carbocycles. The summed E-state index contributed by atoms with van der Waals surface area (Å²) in [6.45, 7) is 0.817. The maximum atomic E-state index is 8.82. The fourth-order valence-corrected chi connectivity index (χ4v) is 2.87. The van der Waals surface area contributed by atoms with Gasteiger partial charge in [-0.05, 0) is 25.0 Å². The van der Waals surface area contributed by atoms with Gasteiger partial charge in [0.2, 0.25) is 0 Å². The SMILES string of the molecule is N#Cc1cccc(NC2C(N)C3CCCOC32)n1. The van der Waals surface area contributed by atoms with E-state index in [9.17, 15) is 0 Å². The van der Waals surface area contributed by atoms with Gasteiger partial charge in [-0.1, -0.05) is 6.07 Å². The van der Waals surface area contributed by atoms with Gasteiger partial charge in [0.05, 0.1) is 12.1 Å². The smallest absolute Gasteiger partial charge is 0.142 e. The first-order valence-electron chi connectivity index (χ1n) is 6.30. The number of nitrogens with two attached hydrogens (primary N) is 1. The molecule has 0 spiro atoms. The lowest BCUT2D eigenvalue weighted by molar-refractivity contribution is -0.104. The molecule has 3 rings (SSSR count). The summed E-state index contributed by atoms with van der Waals surface area (Å²) in [7, 11) is 0. The standard InChI is InChI=1S/C13H16N4O/c14-7-8-3-1-5-10(16-8)17-12-11(15)9-4-2-6-18-13(9)12/h1,3,5,9,11-13H,2,4,6,15H2,(H,16,17). The first-order valence-corrected chi connectivity index (χ1v) is 6.30. The van der Waals surface area contributed by atoms with Crippen LogP contribution in [0.1, 0.15) is 18.5 Å². The Morgan fingerprint density at radius 1 is 1.50 bits per heavy atom. The first-order chi connectivity index (χ1) is 8.79. The van der Waals surface area contributed by atoms with Crippen molar-refractivity contribution in [1.29, 1.82) is 5.26 Å². The van der Waals surface area contributed by atoms with Crippen molar-refractivity contribution in [3.05, 3.63) is 23.9 Å². The predicted molar refractivity (Wildman–Crippen MR) is 66.8 cm³/mol. The van der Waals surface area contributed by atoms with Crippen LogP contribution in [0.4, 0.5) is 5.82 Å². The van der Waals surface area contributed by atoms with E-state index in [1.54, 1.807) is 6.07 Å². The molecule has 1 saturated carbocycles. The molecule has 2 aliphatic rings. The third-order valence-electron chi connectivity index (χ3n) is 3.86. The Labute approximate surface area is 106 Å². The van der Waals surface area contributed by atoms with Crippen LogP contribution in [0.25, 0.3) is 0 Å². The van der Waals surface area contributed by atoms with Crippen LogP contribution < -0.4 is 11.1 Å². The number of nitrogens with one attached hydrogen (secondary N) is 1. The van der Waals surface area contributed by atoms with E-state index in [1.165, 1.54) is 0 Å². The molecule has 1 aromatic heterocycles. The molecule has 0 bridgehead atoms. The van der Waals surface area contributed by atoms with Crippen molar-refractivity contribution in [2.45, 2.75) is 31.0 Å². The third kappa shape index (κ3) is 1.84. The Bertz CT molecular complexity index is 484. The van der Waals surface area contributed by atoms with Crippen molar-refractivity contribution >= 4 is 5.82 Å². The highest BCUT2D eigenvalue weighted by Crippen LogP contribution is 2.38. The van der Waals surface area contributed by atoms with Crippen LogP contribution in [0.15, 0.2) is 18.2 Å². The Balaban J connectivity index is 1.71. The molecule has 2 fully saturated rings. The lowest BCUT2D eigenvalue weighted by Crippen LogP contribution is -2.69. The van der Waals surface area contributed by atoms with E-state index >= 15 is 0 Å². The predicted octanol–water partition coefficient (Wildman–Crippen LogP) is 0.870. The van der Waals surface area contributed by atoms with E-state index in [4.69, 9.17) is 15.7 Å². The highest BCUT2D eigenvalue weighted by molar-refractivity contribution is 5.41. The number of anilines is 1. The van der Waals surface area contributed by atoms with Gasteiger partial charge in [-0.15, -0.1) is 0 Å². The number of aromatic nitrogens is 1. The van der Waals surface area contributed by atoms with E-state index in [0.29, 0.717) is 17.4 Å². The van der Waals surface area contributed by atoms with Gasteiger partial charge in [0, 0.05) is 18.6 Å². The summed E-state index contributed by atoms with van der Waals surface area (Å²) in [5.41, 5.74) is 6.57. The Kier molecular flexibility index (Phi) is 2.90. The second-order valence-electron chi connectivity index (χ2n) is 4.91. The summed E-state index contributed by atoms with van der Waals surface area (Å²) in [6, 6.07) is 7.61. The molecule has 0 aromatic carbocycles. The quantitative estimate of drug-likeness (QED) is 0.806. The third-order valence-corrected chi connectivity index (χ3v) is 3.86. The number of nitrogens with zero attached hydrogens (tertiary/aromatic N) is 2. The van der Waals surface area contributed by atoms with Gasteiger partial charge in [0.25, 0.3) is 0 Å². The summed E-state index contributed by atoms with van der Waals surface area (Å²) >= 11 is 0.